The van der Waals surface area contributed by atoms with E-state index in [9.17, 15) is 5.11 Å². The van der Waals surface area contributed by atoms with Crippen LogP contribution in [-0.4, -0.2) is 11.7 Å². The summed E-state index contributed by atoms with van der Waals surface area (Å²) in [7, 11) is 0. The van der Waals surface area contributed by atoms with Crippen LogP contribution in [-0.2, 0) is 0 Å². The van der Waals surface area contributed by atoms with Gasteiger partial charge in [-0.25, -0.2) is 0 Å². The molecule has 0 saturated heterocycles. The number of hydrogen-bond acceptors (Lipinski definition) is 3. The Kier molecular flexibility index (Phi) is 4.53. The Bertz CT molecular complexity index is 555. The topological polar surface area (TPSA) is 55.5 Å². The van der Waals surface area contributed by atoms with Gasteiger partial charge < -0.3 is 15.6 Å². The predicted octanol–water partition coefficient (Wildman–Crippen LogP) is 3.69. The maximum atomic E-state index is 10.00. The number of aliphatic hydroxyl groups is 1. The molecule has 1 unspecified atom stereocenters. The van der Waals surface area contributed by atoms with E-state index < -0.39 is 6.10 Å². The van der Waals surface area contributed by atoms with Gasteiger partial charge in [0.2, 0.25) is 0 Å². The molecule has 3 N–H and O–H groups in total. The van der Waals surface area contributed by atoms with Crippen LogP contribution >= 0.6 is 23.2 Å². The van der Waals surface area contributed by atoms with Crippen molar-refractivity contribution in [1.82, 2.24) is 0 Å². The lowest BCUT2D eigenvalue weighted by Crippen LogP contribution is -2.10. The first-order valence-corrected chi connectivity index (χ1v) is 6.42. The Morgan fingerprint density at radius 1 is 1.11 bits per heavy atom. The van der Waals surface area contributed by atoms with Crippen LogP contribution in [0.25, 0.3) is 0 Å². The first-order chi connectivity index (χ1) is 9.04. The van der Waals surface area contributed by atoms with Gasteiger partial charge in [0.15, 0.2) is 0 Å². The molecule has 5 heteroatoms. The van der Waals surface area contributed by atoms with Crippen LogP contribution in [0.2, 0.25) is 10.0 Å². The van der Waals surface area contributed by atoms with Crippen LogP contribution < -0.4 is 10.5 Å². The first-order valence-electron chi connectivity index (χ1n) is 5.67. The average molecular weight is 298 g/mol. The fraction of sp³-hybridized carbons (Fsp3) is 0.143. The van der Waals surface area contributed by atoms with Crippen LogP contribution in [0.5, 0.6) is 5.75 Å². The van der Waals surface area contributed by atoms with E-state index in [1.54, 1.807) is 42.5 Å². The lowest BCUT2D eigenvalue weighted by atomic mass is 10.1. The molecule has 100 valence electrons. The lowest BCUT2D eigenvalue weighted by molar-refractivity contribution is 0.108. The SMILES string of the molecule is Nc1cccc(C(O)COc2cc(Cl)cc(Cl)c2)c1. The van der Waals surface area contributed by atoms with Crippen LogP contribution in [0, 0.1) is 0 Å². The summed E-state index contributed by atoms with van der Waals surface area (Å²) in [6.45, 7) is 0.0973. The summed E-state index contributed by atoms with van der Waals surface area (Å²) in [5.74, 6) is 0.514. The summed E-state index contributed by atoms with van der Waals surface area (Å²) >= 11 is 11.7. The molecule has 0 aliphatic heterocycles. The van der Waals surface area contributed by atoms with E-state index in [0.717, 1.165) is 0 Å². The molecule has 2 rings (SSSR count). The van der Waals surface area contributed by atoms with Crippen molar-refractivity contribution in [3.05, 3.63) is 58.1 Å². The van der Waals surface area contributed by atoms with E-state index in [1.807, 2.05) is 0 Å². The highest BCUT2D eigenvalue weighted by molar-refractivity contribution is 6.34. The second kappa shape index (κ2) is 6.15. The molecular weight excluding hydrogens is 285 g/mol. The van der Waals surface area contributed by atoms with Gasteiger partial charge >= 0.3 is 0 Å². The summed E-state index contributed by atoms with van der Waals surface area (Å²) < 4.78 is 5.46. The number of hydrogen-bond donors (Lipinski definition) is 2. The zero-order valence-electron chi connectivity index (χ0n) is 10.0. The Morgan fingerprint density at radius 3 is 2.42 bits per heavy atom. The number of nitrogen functional groups attached to an aromatic ring is 1. The molecule has 2 aromatic rings. The summed E-state index contributed by atoms with van der Waals surface area (Å²) in [5.41, 5.74) is 6.96. The second-order valence-electron chi connectivity index (χ2n) is 4.10. The van der Waals surface area contributed by atoms with Crippen molar-refractivity contribution in [3.8, 4) is 5.75 Å². The summed E-state index contributed by atoms with van der Waals surface area (Å²) in [6.07, 6.45) is -0.763. The van der Waals surface area contributed by atoms with Crippen molar-refractivity contribution in [1.29, 1.82) is 0 Å². The van der Waals surface area contributed by atoms with Crippen molar-refractivity contribution in [2.75, 3.05) is 12.3 Å². The first kappa shape index (κ1) is 14.0. The molecule has 0 aromatic heterocycles. The standard InChI is InChI=1S/C14H13Cl2NO2/c15-10-5-11(16)7-13(6-10)19-8-14(18)9-2-1-3-12(17)4-9/h1-7,14,18H,8,17H2. The van der Waals surface area contributed by atoms with Gasteiger partial charge in [-0.1, -0.05) is 35.3 Å². The summed E-state index contributed by atoms with van der Waals surface area (Å²) in [4.78, 5) is 0. The van der Waals surface area contributed by atoms with E-state index in [2.05, 4.69) is 0 Å². The minimum absolute atomic E-state index is 0.0973. The number of halogens is 2. The van der Waals surface area contributed by atoms with E-state index in [1.165, 1.54) is 0 Å². The Morgan fingerprint density at radius 2 is 1.79 bits per heavy atom. The second-order valence-corrected chi connectivity index (χ2v) is 4.97. The number of anilines is 1. The van der Waals surface area contributed by atoms with Crippen molar-refractivity contribution in [2.24, 2.45) is 0 Å². The molecule has 0 bridgehead atoms. The van der Waals surface area contributed by atoms with Gasteiger partial charge in [-0.05, 0) is 35.9 Å². The third-order valence-electron chi connectivity index (χ3n) is 2.54. The van der Waals surface area contributed by atoms with Crippen LogP contribution in [0.4, 0.5) is 5.69 Å². The van der Waals surface area contributed by atoms with E-state index >= 15 is 0 Å². The van der Waals surface area contributed by atoms with E-state index in [-0.39, 0.29) is 6.61 Å². The predicted molar refractivity (Wildman–Crippen MR) is 77.8 cm³/mol. The smallest absolute Gasteiger partial charge is 0.122 e. The number of ether oxygens (including phenoxy) is 1. The number of benzene rings is 2. The monoisotopic (exact) mass is 297 g/mol. The maximum Gasteiger partial charge on any atom is 0.122 e. The van der Waals surface area contributed by atoms with Crippen molar-refractivity contribution in [2.45, 2.75) is 6.10 Å². The summed E-state index contributed by atoms with van der Waals surface area (Å²) in [6, 6.07) is 11.9. The Labute approximate surface area is 121 Å². The zero-order chi connectivity index (χ0) is 13.8. The van der Waals surface area contributed by atoms with E-state index in [0.29, 0.717) is 27.0 Å². The third kappa shape index (κ3) is 4.03. The fourth-order valence-electron chi connectivity index (χ4n) is 1.65. The molecular formula is C14H13Cl2NO2. The van der Waals surface area contributed by atoms with Gasteiger partial charge in [0.1, 0.15) is 18.5 Å². The normalized spacial score (nSPS) is 12.2. The molecule has 19 heavy (non-hydrogen) atoms. The quantitative estimate of drug-likeness (QED) is 0.846. The fourth-order valence-corrected chi connectivity index (χ4v) is 2.16. The molecule has 0 radical (unpaired) electrons. The molecule has 3 nitrogen and oxygen atoms in total. The number of rotatable bonds is 4. The van der Waals surface area contributed by atoms with Crippen molar-refractivity contribution in [3.63, 3.8) is 0 Å². The Hall–Kier alpha value is -1.42. The molecule has 0 heterocycles. The van der Waals surface area contributed by atoms with Gasteiger partial charge in [0.05, 0.1) is 0 Å². The highest BCUT2D eigenvalue weighted by Crippen LogP contribution is 2.25. The minimum Gasteiger partial charge on any atom is -0.490 e. The molecule has 0 fully saturated rings. The van der Waals surface area contributed by atoms with Gasteiger partial charge in [0.25, 0.3) is 0 Å². The highest BCUT2D eigenvalue weighted by atomic mass is 35.5. The zero-order valence-corrected chi connectivity index (χ0v) is 11.5. The van der Waals surface area contributed by atoms with Crippen LogP contribution in [0.15, 0.2) is 42.5 Å². The number of nitrogens with two attached hydrogens (primary N) is 1. The van der Waals surface area contributed by atoms with Gasteiger partial charge in [-0.15, -0.1) is 0 Å². The highest BCUT2D eigenvalue weighted by Gasteiger charge is 2.09. The van der Waals surface area contributed by atoms with Crippen LogP contribution in [0.3, 0.4) is 0 Å². The third-order valence-corrected chi connectivity index (χ3v) is 2.98. The molecule has 0 aliphatic carbocycles. The average Bonchev–Trinajstić information content (AvgIpc) is 2.35. The molecule has 1 atom stereocenters. The van der Waals surface area contributed by atoms with Crippen molar-refractivity contribution >= 4 is 28.9 Å². The lowest BCUT2D eigenvalue weighted by Gasteiger charge is -2.13. The molecule has 2 aromatic carbocycles. The number of aliphatic hydroxyl groups excluding tert-OH is 1. The molecule has 0 aliphatic rings. The summed E-state index contributed by atoms with van der Waals surface area (Å²) in [5, 5.41) is 11.0. The van der Waals surface area contributed by atoms with E-state index in [4.69, 9.17) is 33.7 Å². The minimum atomic E-state index is -0.763. The van der Waals surface area contributed by atoms with Gasteiger partial charge in [-0.3, -0.25) is 0 Å². The molecule has 0 saturated carbocycles. The van der Waals surface area contributed by atoms with Crippen LogP contribution in [0.1, 0.15) is 11.7 Å². The molecule has 0 spiro atoms. The Balaban J connectivity index is 2.02. The van der Waals surface area contributed by atoms with Crippen molar-refractivity contribution < 1.29 is 9.84 Å². The largest absolute Gasteiger partial charge is 0.490 e. The maximum absolute atomic E-state index is 10.00. The van der Waals surface area contributed by atoms with Gasteiger partial charge in [-0.2, -0.15) is 0 Å². The molecule has 0 amide bonds. The van der Waals surface area contributed by atoms with Gasteiger partial charge in [0, 0.05) is 15.7 Å².